The number of hydrogen-bond acceptors (Lipinski definition) is 4. The Labute approximate surface area is 156 Å². The van der Waals surface area contributed by atoms with Crippen LogP contribution in [0.5, 0.6) is 0 Å². The molecule has 3 rings (SSSR count). The zero-order valence-electron chi connectivity index (χ0n) is 14.1. The van der Waals surface area contributed by atoms with Gasteiger partial charge >= 0.3 is 5.97 Å². The molecule has 0 saturated carbocycles. The molecule has 5 nitrogen and oxygen atoms in total. The average molecular weight is 372 g/mol. The Kier molecular flexibility index (Phi) is 5.68. The zero-order chi connectivity index (χ0) is 18.5. The quantitative estimate of drug-likeness (QED) is 0.576. The highest BCUT2D eigenvalue weighted by Crippen LogP contribution is 2.22. The third kappa shape index (κ3) is 4.29. The fourth-order valence-corrected chi connectivity index (χ4v) is 3.05. The lowest BCUT2D eigenvalue weighted by Crippen LogP contribution is -2.24. The number of hydrogen-bond donors (Lipinski definition) is 0. The number of carbonyl (C=O) groups is 3. The van der Waals surface area contributed by atoms with Gasteiger partial charge in [0, 0.05) is 29.2 Å². The summed E-state index contributed by atoms with van der Waals surface area (Å²) >= 11 is 6.01. The van der Waals surface area contributed by atoms with Crippen molar-refractivity contribution in [1.82, 2.24) is 0 Å². The van der Waals surface area contributed by atoms with Crippen LogP contribution in [0.2, 0.25) is 5.02 Å². The van der Waals surface area contributed by atoms with Gasteiger partial charge in [0.05, 0.1) is 6.42 Å². The largest absolute Gasteiger partial charge is 0.457 e. The predicted molar refractivity (Wildman–Crippen MR) is 98.5 cm³/mol. The van der Waals surface area contributed by atoms with Gasteiger partial charge in [-0.2, -0.15) is 0 Å². The number of ether oxygens (including phenoxy) is 1. The van der Waals surface area contributed by atoms with E-state index in [1.54, 1.807) is 53.4 Å². The molecule has 0 radical (unpaired) electrons. The van der Waals surface area contributed by atoms with Gasteiger partial charge in [-0.05, 0) is 30.2 Å². The fourth-order valence-electron chi connectivity index (χ4n) is 2.85. The SMILES string of the molecule is O=C(Cc1ccccc1Cl)OCC(=O)c1cccc(N2CCCC2=O)c1. The molecule has 6 heteroatoms. The summed E-state index contributed by atoms with van der Waals surface area (Å²) in [5.74, 6) is -0.774. The van der Waals surface area contributed by atoms with E-state index in [0.717, 1.165) is 6.42 Å². The first-order chi connectivity index (χ1) is 12.5. The average Bonchev–Trinajstić information content (AvgIpc) is 3.08. The Morgan fingerprint density at radius 3 is 2.65 bits per heavy atom. The number of rotatable bonds is 6. The molecule has 0 N–H and O–H groups in total. The second-order valence-electron chi connectivity index (χ2n) is 6.05. The Morgan fingerprint density at radius 2 is 1.92 bits per heavy atom. The number of esters is 1. The number of halogens is 1. The van der Waals surface area contributed by atoms with Crippen LogP contribution in [0.15, 0.2) is 48.5 Å². The van der Waals surface area contributed by atoms with E-state index in [-0.39, 0.29) is 24.7 Å². The molecule has 1 aliphatic heterocycles. The molecule has 0 aliphatic carbocycles. The van der Waals surface area contributed by atoms with Crippen molar-refractivity contribution in [3.63, 3.8) is 0 Å². The van der Waals surface area contributed by atoms with Crippen LogP contribution in [0, 0.1) is 0 Å². The Morgan fingerprint density at radius 1 is 1.12 bits per heavy atom. The first kappa shape index (κ1) is 18.1. The zero-order valence-corrected chi connectivity index (χ0v) is 14.9. The summed E-state index contributed by atoms with van der Waals surface area (Å²) in [6, 6.07) is 13.8. The van der Waals surface area contributed by atoms with Crippen LogP contribution >= 0.6 is 11.6 Å². The summed E-state index contributed by atoms with van der Waals surface area (Å²) in [7, 11) is 0. The molecule has 1 heterocycles. The molecular formula is C20H18ClNO4. The molecule has 0 aromatic heterocycles. The normalized spacial score (nSPS) is 13.7. The Bertz CT molecular complexity index is 849. The summed E-state index contributed by atoms with van der Waals surface area (Å²) in [6.45, 7) is 0.310. The summed E-state index contributed by atoms with van der Waals surface area (Å²) in [5.41, 5.74) is 1.76. The lowest BCUT2D eigenvalue weighted by atomic mass is 10.1. The van der Waals surface area contributed by atoms with Crippen LogP contribution in [-0.4, -0.2) is 30.8 Å². The maximum absolute atomic E-state index is 12.3. The maximum atomic E-state index is 12.3. The molecule has 1 amide bonds. The van der Waals surface area contributed by atoms with Crippen molar-refractivity contribution in [2.24, 2.45) is 0 Å². The van der Waals surface area contributed by atoms with Gasteiger partial charge in [0.25, 0.3) is 0 Å². The van der Waals surface area contributed by atoms with Crippen LogP contribution in [0.25, 0.3) is 0 Å². The van der Waals surface area contributed by atoms with Gasteiger partial charge in [-0.25, -0.2) is 0 Å². The molecule has 0 bridgehead atoms. The highest BCUT2D eigenvalue weighted by Gasteiger charge is 2.22. The smallest absolute Gasteiger partial charge is 0.310 e. The standard InChI is InChI=1S/C20H18ClNO4/c21-17-8-2-1-5-14(17)12-20(25)26-13-18(23)15-6-3-7-16(11-15)22-10-4-9-19(22)24/h1-3,5-8,11H,4,9-10,12-13H2. The minimum atomic E-state index is -0.516. The first-order valence-electron chi connectivity index (χ1n) is 8.37. The highest BCUT2D eigenvalue weighted by atomic mass is 35.5. The summed E-state index contributed by atoms with van der Waals surface area (Å²) < 4.78 is 5.08. The topological polar surface area (TPSA) is 63.7 Å². The molecule has 0 spiro atoms. The van der Waals surface area contributed by atoms with Gasteiger partial charge in [-0.3, -0.25) is 14.4 Å². The number of ketones is 1. The summed E-state index contributed by atoms with van der Waals surface area (Å²) in [5, 5.41) is 0.485. The maximum Gasteiger partial charge on any atom is 0.310 e. The molecular weight excluding hydrogens is 354 g/mol. The van der Waals surface area contributed by atoms with Crippen molar-refractivity contribution < 1.29 is 19.1 Å². The minimum Gasteiger partial charge on any atom is -0.457 e. The van der Waals surface area contributed by atoms with E-state index in [0.29, 0.717) is 34.8 Å². The Balaban J connectivity index is 1.59. The highest BCUT2D eigenvalue weighted by molar-refractivity contribution is 6.31. The third-order valence-corrected chi connectivity index (χ3v) is 4.58. The molecule has 0 atom stereocenters. The minimum absolute atomic E-state index is 0.00920. The number of carbonyl (C=O) groups excluding carboxylic acids is 3. The van der Waals surface area contributed by atoms with Crippen molar-refractivity contribution in [1.29, 1.82) is 0 Å². The molecule has 134 valence electrons. The van der Waals surface area contributed by atoms with Crippen LogP contribution in [0.3, 0.4) is 0 Å². The second kappa shape index (κ2) is 8.15. The van der Waals surface area contributed by atoms with Gasteiger partial charge in [0.1, 0.15) is 0 Å². The lowest BCUT2D eigenvalue weighted by Gasteiger charge is -2.16. The Hall–Kier alpha value is -2.66. The van der Waals surface area contributed by atoms with Gasteiger partial charge in [0.15, 0.2) is 12.4 Å². The van der Waals surface area contributed by atoms with Crippen molar-refractivity contribution in [3.05, 3.63) is 64.7 Å². The third-order valence-electron chi connectivity index (χ3n) is 4.21. The van der Waals surface area contributed by atoms with Crippen LogP contribution in [0.1, 0.15) is 28.8 Å². The van der Waals surface area contributed by atoms with Crippen molar-refractivity contribution in [2.75, 3.05) is 18.1 Å². The van der Waals surface area contributed by atoms with Crippen molar-refractivity contribution in [2.45, 2.75) is 19.3 Å². The van der Waals surface area contributed by atoms with Gasteiger partial charge in [-0.15, -0.1) is 0 Å². The monoisotopic (exact) mass is 371 g/mol. The summed E-state index contributed by atoms with van der Waals surface area (Å²) in [6.07, 6.45) is 1.35. The van der Waals surface area contributed by atoms with E-state index in [1.165, 1.54) is 0 Å². The van der Waals surface area contributed by atoms with Crippen molar-refractivity contribution in [3.8, 4) is 0 Å². The van der Waals surface area contributed by atoms with E-state index >= 15 is 0 Å². The number of Topliss-reactive ketones (excluding diaryl/α,β-unsaturated/α-hetero) is 1. The second-order valence-corrected chi connectivity index (χ2v) is 6.46. The van der Waals surface area contributed by atoms with E-state index < -0.39 is 5.97 Å². The van der Waals surface area contributed by atoms with E-state index in [1.807, 2.05) is 0 Å². The van der Waals surface area contributed by atoms with E-state index in [9.17, 15) is 14.4 Å². The number of anilines is 1. The number of amides is 1. The van der Waals surface area contributed by atoms with Gasteiger partial charge in [-0.1, -0.05) is 41.9 Å². The van der Waals surface area contributed by atoms with Crippen molar-refractivity contribution >= 4 is 34.9 Å². The molecule has 0 unspecified atom stereocenters. The number of nitrogens with zero attached hydrogens (tertiary/aromatic N) is 1. The van der Waals surface area contributed by atoms with E-state index in [2.05, 4.69) is 0 Å². The molecule has 2 aromatic rings. The van der Waals surface area contributed by atoms with Crippen LogP contribution in [0.4, 0.5) is 5.69 Å². The first-order valence-corrected chi connectivity index (χ1v) is 8.75. The molecule has 2 aromatic carbocycles. The van der Waals surface area contributed by atoms with E-state index in [4.69, 9.17) is 16.3 Å². The van der Waals surface area contributed by atoms with Crippen LogP contribution in [-0.2, 0) is 20.7 Å². The fraction of sp³-hybridized carbons (Fsp3) is 0.250. The molecule has 1 fully saturated rings. The summed E-state index contributed by atoms with van der Waals surface area (Å²) in [4.78, 5) is 37.7. The lowest BCUT2D eigenvalue weighted by molar-refractivity contribution is -0.141. The van der Waals surface area contributed by atoms with Crippen LogP contribution < -0.4 is 4.90 Å². The molecule has 1 aliphatic rings. The van der Waals surface area contributed by atoms with Gasteiger partial charge < -0.3 is 9.64 Å². The molecule has 1 saturated heterocycles. The molecule has 26 heavy (non-hydrogen) atoms. The number of benzene rings is 2. The predicted octanol–water partition coefficient (Wildman–Crippen LogP) is 3.44. The van der Waals surface area contributed by atoms with Gasteiger partial charge in [0.2, 0.25) is 5.91 Å².